The molecule has 1 aromatic heterocycles. The highest BCUT2D eigenvalue weighted by molar-refractivity contribution is 5.81. The Labute approximate surface area is 99.1 Å². The van der Waals surface area contributed by atoms with E-state index in [1.54, 1.807) is 18.5 Å². The summed E-state index contributed by atoms with van der Waals surface area (Å²) in [5, 5.41) is 4.19. The smallest absolute Gasteiger partial charge is 0.124 e. The van der Waals surface area contributed by atoms with Crippen molar-refractivity contribution in [2.45, 2.75) is 18.8 Å². The third kappa shape index (κ3) is 2.00. The minimum absolute atomic E-state index is 0.220. The second-order valence-electron chi connectivity index (χ2n) is 4.44. The number of hydrogen-bond acceptors (Lipinski definition) is 3. The van der Waals surface area contributed by atoms with Crippen molar-refractivity contribution in [1.82, 2.24) is 15.3 Å². The topological polar surface area (TPSA) is 37.8 Å². The Bertz CT molecular complexity index is 535. The first kappa shape index (κ1) is 10.6. The first-order valence-electron chi connectivity index (χ1n) is 5.95. The van der Waals surface area contributed by atoms with Gasteiger partial charge in [-0.3, -0.25) is 0 Å². The van der Waals surface area contributed by atoms with Crippen LogP contribution in [0, 0.1) is 5.82 Å². The van der Waals surface area contributed by atoms with Crippen LogP contribution in [-0.2, 0) is 0 Å². The minimum atomic E-state index is -0.220. The van der Waals surface area contributed by atoms with Gasteiger partial charge in [0, 0.05) is 11.3 Å². The van der Waals surface area contributed by atoms with Crippen LogP contribution in [0.5, 0.6) is 0 Å². The van der Waals surface area contributed by atoms with Gasteiger partial charge in [0.25, 0.3) is 0 Å². The number of hydrogen-bond donors (Lipinski definition) is 1. The van der Waals surface area contributed by atoms with Gasteiger partial charge in [0.1, 0.15) is 12.1 Å². The average Bonchev–Trinajstić information content (AvgIpc) is 2.39. The normalized spacial score (nSPS) is 17.5. The fourth-order valence-electron chi connectivity index (χ4n) is 2.47. The van der Waals surface area contributed by atoms with Crippen molar-refractivity contribution >= 4 is 10.9 Å². The summed E-state index contributed by atoms with van der Waals surface area (Å²) in [6.45, 7) is 2.01. The Hall–Kier alpha value is -1.55. The average molecular weight is 231 g/mol. The lowest BCUT2D eigenvalue weighted by Gasteiger charge is -2.22. The Kier molecular flexibility index (Phi) is 2.73. The monoisotopic (exact) mass is 231 g/mol. The van der Waals surface area contributed by atoms with Gasteiger partial charge < -0.3 is 5.32 Å². The van der Waals surface area contributed by atoms with E-state index in [0.29, 0.717) is 5.92 Å². The first-order valence-corrected chi connectivity index (χ1v) is 5.95. The van der Waals surface area contributed by atoms with Gasteiger partial charge in [-0.15, -0.1) is 0 Å². The van der Waals surface area contributed by atoms with Crippen LogP contribution in [0.2, 0.25) is 0 Å². The predicted octanol–water partition coefficient (Wildman–Crippen LogP) is 2.24. The summed E-state index contributed by atoms with van der Waals surface area (Å²) in [6, 6.07) is 4.71. The number of nitrogens with one attached hydrogen (secondary N) is 1. The fourth-order valence-corrected chi connectivity index (χ4v) is 2.47. The molecule has 0 amide bonds. The van der Waals surface area contributed by atoms with Crippen molar-refractivity contribution in [3.05, 3.63) is 36.0 Å². The minimum Gasteiger partial charge on any atom is -0.317 e. The summed E-state index contributed by atoms with van der Waals surface area (Å²) in [7, 11) is 0. The predicted molar refractivity (Wildman–Crippen MR) is 64.3 cm³/mol. The molecular weight excluding hydrogens is 217 g/mol. The largest absolute Gasteiger partial charge is 0.317 e. The molecule has 1 saturated heterocycles. The number of aromatic nitrogens is 2. The molecule has 1 fully saturated rings. The number of benzene rings is 1. The summed E-state index contributed by atoms with van der Waals surface area (Å²) >= 11 is 0. The highest BCUT2D eigenvalue weighted by Gasteiger charge is 2.19. The van der Waals surface area contributed by atoms with Gasteiger partial charge in [0.15, 0.2) is 0 Å². The van der Waals surface area contributed by atoms with E-state index < -0.39 is 0 Å². The standard InChI is InChI=1S/C13H14FN3/c14-10-1-2-12-11(7-10)13(17-8-16-12)9-3-5-15-6-4-9/h1-2,7-9,15H,3-6H2. The van der Waals surface area contributed by atoms with E-state index in [-0.39, 0.29) is 5.82 Å². The lowest BCUT2D eigenvalue weighted by molar-refractivity contribution is 0.455. The zero-order valence-electron chi connectivity index (χ0n) is 9.49. The third-order valence-corrected chi connectivity index (χ3v) is 3.35. The molecule has 17 heavy (non-hydrogen) atoms. The highest BCUT2D eigenvalue weighted by atomic mass is 19.1. The van der Waals surface area contributed by atoms with Gasteiger partial charge in [0.05, 0.1) is 11.2 Å². The van der Waals surface area contributed by atoms with Crippen molar-refractivity contribution < 1.29 is 4.39 Å². The van der Waals surface area contributed by atoms with Gasteiger partial charge >= 0.3 is 0 Å². The number of rotatable bonds is 1. The van der Waals surface area contributed by atoms with Crippen LogP contribution in [0.15, 0.2) is 24.5 Å². The number of piperidine rings is 1. The fraction of sp³-hybridized carbons (Fsp3) is 0.385. The lowest BCUT2D eigenvalue weighted by atomic mass is 9.92. The Balaban J connectivity index is 2.11. The van der Waals surface area contributed by atoms with Crippen LogP contribution >= 0.6 is 0 Å². The van der Waals surface area contributed by atoms with Crippen LogP contribution < -0.4 is 5.32 Å². The highest BCUT2D eigenvalue weighted by Crippen LogP contribution is 2.28. The van der Waals surface area contributed by atoms with Gasteiger partial charge in [-0.1, -0.05) is 0 Å². The first-order chi connectivity index (χ1) is 8.34. The quantitative estimate of drug-likeness (QED) is 0.818. The molecule has 3 rings (SSSR count). The third-order valence-electron chi connectivity index (χ3n) is 3.35. The SMILES string of the molecule is Fc1ccc2ncnc(C3CCNCC3)c2c1. The Morgan fingerprint density at radius 2 is 2.00 bits per heavy atom. The molecule has 2 heterocycles. The summed E-state index contributed by atoms with van der Waals surface area (Å²) in [5.41, 5.74) is 1.82. The molecule has 0 unspecified atom stereocenters. The second kappa shape index (κ2) is 4.37. The van der Waals surface area contributed by atoms with E-state index in [2.05, 4.69) is 15.3 Å². The Morgan fingerprint density at radius 3 is 2.82 bits per heavy atom. The molecule has 0 spiro atoms. The molecule has 4 heteroatoms. The summed E-state index contributed by atoms with van der Waals surface area (Å²) in [6.07, 6.45) is 3.70. The van der Waals surface area contributed by atoms with E-state index in [9.17, 15) is 4.39 Å². The summed E-state index contributed by atoms with van der Waals surface area (Å²) in [4.78, 5) is 8.55. The number of fused-ring (bicyclic) bond motifs is 1. The van der Waals surface area contributed by atoms with Crippen molar-refractivity contribution in [2.24, 2.45) is 0 Å². The molecule has 0 aliphatic carbocycles. The number of halogens is 1. The molecule has 1 aliphatic rings. The summed E-state index contributed by atoms with van der Waals surface area (Å²) in [5.74, 6) is 0.200. The summed E-state index contributed by atoms with van der Waals surface area (Å²) < 4.78 is 13.3. The molecule has 0 radical (unpaired) electrons. The molecule has 0 bridgehead atoms. The number of nitrogens with zero attached hydrogens (tertiary/aromatic N) is 2. The van der Waals surface area contributed by atoms with Gasteiger partial charge in [-0.2, -0.15) is 0 Å². The second-order valence-corrected chi connectivity index (χ2v) is 4.44. The molecule has 1 N–H and O–H groups in total. The van der Waals surface area contributed by atoms with Gasteiger partial charge in [-0.05, 0) is 44.1 Å². The van der Waals surface area contributed by atoms with E-state index in [1.165, 1.54) is 6.07 Å². The molecule has 0 atom stereocenters. The van der Waals surface area contributed by atoms with Crippen LogP contribution in [0.4, 0.5) is 4.39 Å². The van der Waals surface area contributed by atoms with Crippen molar-refractivity contribution in [3.63, 3.8) is 0 Å². The van der Waals surface area contributed by atoms with Crippen LogP contribution in [-0.4, -0.2) is 23.1 Å². The zero-order valence-corrected chi connectivity index (χ0v) is 9.49. The molecular formula is C13H14FN3. The lowest BCUT2D eigenvalue weighted by Crippen LogP contribution is -2.27. The van der Waals surface area contributed by atoms with Gasteiger partial charge in [0.2, 0.25) is 0 Å². The maximum atomic E-state index is 13.3. The molecule has 88 valence electrons. The van der Waals surface area contributed by atoms with E-state index in [0.717, 1.165) is 42.5 Å². The Morgan fingerprint density at radius 1 is 1.18 bits per heavy atom. The molecule has 0 saturated carbocycles. The van der Waals surface area contributed by atoms with Crippen molar-refractivity contribution in [3.8, 4) is 0 Å². The van der Waals surface area contributed by atoms with Crippen LogP contribution in [0.1, 0.15) is 24.5 Å². The van der Waals surface area contributed by atoms with Crippen LogP contribution in [0.25, 0.3) is 10.9 Å². The van der Waals surface area contributed by atoms with Crippen LogP contribution in [0.3, 0.4) is 0 Å². The van der Waals surface area contributed by atoms with E-state index in [4.69, 9.17) is 0 Å². The van der Waals surface area contributed by atoms with Crippen molar-refractivity contribution in [2.75, 3.05) is 13.1 Å². The molecule has 1 aliphatic heterocycles. The maximum absolute atomic E-state index is 13.3. The molecule has 3 nitrogen and oxygen atoms in total. The molecule has 1 aromatic carbocycles. The molecule has 2 aromatic rings. The van der Waals surface area contributed by atoms with Gasteiger partial charge in [-0.25, -0.2) is 14.4 Å². The maximum Gasteiger partial charge on any atom is 0.124 e. The zero-order chi connectivity index (χ0) is 11.7. The van der Waals surface area contributed by atoms with E-state index >= 15 is 0 Å². The van der Waals surface area contributed by atoms with E-state index in [1.807, 2.05) is 0 Å². The van der Waals surface area contributed by atoms with Crippen molar-refractivity contribution in [1.29, 1.82) is 0 Å².